The van der Waals surface area contributed by atoms with Crippen molar-refractivity contribution in [2.75, 3.05) is 0 Å². The molecule has 0 saturated carbocycles. The molecule has 1 N–H and O–H groups in total. The first-order valence-corrected chi connectivity index (χ1v) is 6.59. The zero-order valence-corrected chi connectivity index (χ0v) is 11.2. The Hall–Kier alpha value is -2.19. The molecule has 0 aromatic heterocycles. The molecular weight excluding hydrogens is 251 g/mol. The van der Waals surface area contributed by atoms with E-state index in [9.17, 15) is 9.50 Å². The van der Waals surface area contributed by atoms with Gasteiger partial charge in [-0.3, -0.25) is 0 Å². The van der Waals surface area contributed by atoms with Gasteiger partial charge in [-0.1, -0.05) is 60.7 Å². The summed E-state index contributed by atoms with van der Waals surface area (Å²) in [6, 6.07) is 18.6. The van der Waals surface area contributed by atoms with Crippen molar-refractivity contribution in [3.05, 3.63) is 83.2 Å². The van der Waals surface area contributed by atoms with Crippen LogP contribution in [0.3, 0.4) is 0 Å². The van der Waals surface area contributed by atoms with Crippen LogP contribution < -0.4 is 0 Å². The van der Waals surface area contributed by atoms with E-state index < -0.39 is 6.10 Å². The van der Waals surface area contributed by atoms with E-state index in [4.69, 9.17) is 0 Å². The second-order valence-electron chi connectivity index (χ2n) is 4.95. The van der Waals surface area contributed by atoms with E-state index >= 15 is 0 Å². The Balaban J connectivity index is 2.18. The lowest BCUT2D eigenvalue weighted by atomic mass is 9.95. The highest BCUT2D eigenvalue weighted by Crippen LogP contribution is 2.30. The maximum atomic E-state index is 14.2. The average Bonchev–Trinajstić information content (AvgIpc) is 2.49. The number of hydrogen-bond acceptors (Lipinski definition) is 1. The fraction of sp³-hybridized carbons (Fsp3) is 0.111. The van der Waals surface area contributed by atoms with Gasteiger partial charge in [0.15, 0.2) is 0 Å². The Bertz CT molecular complexity index is 759. The second-order valence-corrected chi connectivity index (χ2v) is 4.95. The molecular formula is C18H15FO. The van der Waals surface area contributed by atoms with E-state index in [2.05, 4.69) is 0 Å². The molecule has 0 amide bonds. The smallest absolute Gasteiger partial charge is 0.132 e. The van der Waals surface area contributed by atoms with Crippen LogP contribution >= 0.6 is 0 Å². The molecule has 0 aliphatic carbocycles. The molecule has 3 rings (SSSR count). The van der Waals surface area contributed by atoms with Crippen molar-refractivity contribution >= 4 is 10.8 Å². The third-order valence-electron chi connectivity index (χ3n) is 3.63. The molecule has 0 heterocycles. The number of aliphatic hydroxyl groups is 1. The predicted octanol–water partition coefficient (Wildman–Crippen LogP) is 4.37. The summed E-state index contributed by atoms with van der Waals surface area (Å²) in [6.45, 7) is 1.70. The predicted molar refractivity (Wildman–Crippen MR) is 79.1 cm³/mol. The molecule has 0 bridgehead atoms. The maximum absolute atomic E-state index is 14.2. The summed E-state index contributed by atoms with van der Waals surface area (Å²) >= 11 is 0. The summed E-state index contributed by atoms with van der Waals surface area (Å²) in [4.78, 5) is 0. The molecule has 20 heavy (non-hydrogen) atoms. The van der Waals surface area contributed by atoms with Gasteiger partial charge in [0, 0.05) is 5.56 Å². The van der Waals surface area contributed by atoms with Crippen molar-refractivity contribution < 1.29 is 9.50 Å². The highest BCUT2D eigenvalue weighted by atomic mass is 19.1. The normalized spacial score (nSPS) is 12.6. The number of fused-ring (bicyclic) bond motifs is 1. The third kappa shape index (κ3) is 2.08. The van der Waals surface area contributed by atoms with Crippen molar-refractivity contribution in [2.24, 2.45) is 0 Å². The number of aryl methyl sites for hydroxylation is 1. The van der Waals surface area contributed by atoms with Gasteiger partial charge in [-0.25, -0.2) is 4.39 Å². The standard InChI is InChI=1S/C18H15FO/c1-12-6-4-11-16(17(12)19)18(20)15-10-5-8-13-7-2-3-9-14(13)15/h2-11,18,20H,1H3. The molecule has 3 aromatic carbocycles. The summed E-state index contributed by atoms with van der Waals surface area (Å²) < 4.78 is 14.2. The molecule has 1 atom stereocenters. The van der Waals surface area contributed by atoms with Crippen LogP contribution in [0.2, 0.25) is 0 Å². The largest absolute Gasteiger partial charge is 0.384 e. The third-order valence-corrected chi connectivity index (χ3v) is 3.63. The Morgan fingerprint density at radius 3 is 2.35 bits per heavy atom. The summed E-state index contributed by atoms with van der Waals surface area (Å²) in [6.07, 6.45) is -0.957. The van der Waals surface area contributed by atoms with Gasteiger partial charge < -0.3 is 5.11 Å². The molecule has 0 aliphatic rings. The topological polar surface area (TPSA) is 20.2 Å². The van der Waals surface area contributed by atoms with Crippen LogP contribution in [0, 0.1) is 12.7 Å². The van der Waals surface area contributed by atoms with Crippen molar-refractivity contribution in [2.45, 2.75) is 13.0 Å². The van der Waals surface area contributed by atoms with Gasteiger partial charge in [-0.15, -0.1) is 0 Å². The van der Waals surface area contributed by atoms with Gasteiger partial charge in [0.1, 0.15) is 11.9 Å². The quantitative estimate of drug-likeness (QED) is 0.730. The molecule has 2 heteroatoms. The van der Waals surface area contributed by atoms with Crippen LogP contribution in [-0.4, -0.2) is 5.11 Å². The van der Waals surface area contributed by atoms with Gasteiger partial charge in [-0.2, -0.15) is 0 Å². The lowest BCUT2D eigenvalue weighted by Crippen LogP contribution is -2.04. The maximum Gasteiger partial charge on any atom is 0.132 e. The van der Waals surface area contributed by atoms with Crippen LogP contribution in [0.5, 0.6) is 0 Å². The number of hydrogen-bond donors (Lipinski definition) is 1. The van der Waals surface area contributed by atoms with Crippen molar-refractivity contribution in [3.8, 4) is 0 Å². The zero-order valence-electron chi connectivity index (χ0n) is 11.2. The van der Waals surface area contributed by atoms with Gasteiger partial charge in [0.25, 0.3) is 0 Å². The molecule has 0 fully saturated rings. The van der Waals surface area contributed by atoms with E-state index in [0.717, 1.165) is 16.3 Å². The first-order valence-electron chi connectivity index (χ1n) is 6.59. The number of halogens is 1. The molecule has 1 unspecified atom stereocenters. The number of aliphatic hydroxyl groups excluding tert-OH is 1. The lowest BCUT2D eigenvalue weighted by molar-refractivity contribution is 0.216. The molecule has 100 valence electrons. The van der Waals surface area contributed by atoms with E-state index in [0.29, 0.717) is 11.1 Å². The molecule has 1 nitrogen and oxygen atoms in total. The Kier molecular flexibility index (Phi) is 3.25. The minimum absolute atomic E-state index is 0.321. The zero-order chi connectivity index (χ0) is 14.1. The molecule has 0 radical (unpaired) electrons. The average molecular weight is 266 g/mol. The summed E-state index contributed by atoms with van der Waals surface area (Å²) in [5, 5.41) is 12.5. The minimum Gasteiger partial charge on any atom is -0.384 e. The van der Waals surface area contributed by atoms with E-state index in [-0.39, 0.29) is 5.82 Å². The number of benzene rings is 3. The minimum atomic E-state index is -0.957. The fourth-order valence-electron chi connectivity index (χ4n) is 2.54. The SMILES string of the molecule is Cc1cccc(C(O)c2cccc3ccccc23)c1F. The second kappa shape index (κ2) is 5.06. The van der Waals surface area contributed by atoms with Gasteiger partial charge in [0.05, 0.1) is 0 Å². The van der Waals surface area contributed by atoms with Crippen LogP contribution in [-0.2, 0) is 0 Å². The highest BCUT2D eigenvalue weighted by Gasteiger charge is 2.17. The van der Waals surface area contributed by atoms with E-state index in [1.165, 1.54) is 0 Å². The van der Waals surface area contributed by atoms with Crippen LogP contribution in [0.15, 0.2) is 60.7 Å². The highest BCUT2D eigenvalue weighted by molar-refractivity contribution is 5.86. The molecule has 3 aromatic rings. The number of rotatable bonds is 2. The van der Waals surface area contributed by atoms with Crippen LogP contribution in [0.25, 0.3) is 10.8 Å². The first-order chi connectivity index (χ1) is 9.68. The molecule has 0 aliphatic heterocycles. The van der Waals surface area contributed by atoms with Crippen molar-refractivity contribution in [1.82, 2.24) is 0 Å². The van der Waals surface area contributed by atoms with Gasteiger partial charge in [0.2, 0.25) is 0 Å². The summed E-state index contributed by atoms with van der Waals surface area (Å²) in [5.74, 6) is -0.340. The molecule has 0 saturated heterocycles. The van der Waals surface area contributed by atoms with Gasteiger partial charge >= 0.3 is 0 Å². The van der Waals surface area contributed by atoms with Crippen LogP contribution in [0.4, 0.5) is 4.39 Å². The van der Waals surface area contributed by atoms with E-state index in [1.807, 2.05) is 42.5 Å². The van der Waals surface area contributed by atoms with Crippen molar-refractivity contribution in [3.63, 3.8) is 0 Å². The Labute approximate surface area is 117 Å². The fourth-order valence-corrected chi connectivity index (χ4v) is 2.54. The Morgan fingerprint density at radius 2 is 1.50 bits per heavy atom. The Morgan fingerprint density at radius 1 is 0.850 bits per heavy atom. The van der Waals surface area contributed by atoms with Crippen LogP contribution in [0.1, 0.15) is 22.8 Å². The first kappa shape index (κ1) is 12.8. The van der Waals surface area contributed by atoms with E-state index in [1.54, 1.807) is 25.1 Å². The monoisotopic (exact) mass is 266 g/mol. The molecule has 0 spiro atoms. The summed E-state index contributed by atoms with van der Waals surface area (Å²) in [7, 11) is 0. The lowest BCUT2D eigenvalue weighted by Gasteiger charge is -2.15. The van der Waals surface area contributed by atoms with Gasteiger partial charge in [-0.05, 0) is 28.8 Å². The van der Waals surface area contributed by atoms with Crippen molar-refractivity contribution in [1.29, 1.82) is 0 Å². The summed E-state index contributed by atoms with van der Waals surface area (Å²) in [5.41, 5.74) is 1.59.